The number of nitrogens with zero attached hydrogens (tertiary/aromatic N) is 1. The van der Waals surface area contributed by atoms with Gasteiger partial charge < -0.3 is 4.74 Å². The molecule has 7 heteroatoms. The monoisotopic (exact) mass is 423 g/mol. The molecule has 0 saturated heterocycles. The molecule has 0 aromatic heterocycles. The lowest BCUT2D eigenvalue weighted by Crippen LogP contribution is -2.32. The summed E-state index contributed by atoms with van der Waals surface area (Å²) < 4.78 is 30.4. The molecule has 0 aliphatic heterocycles. The average molecular weight is 424 g/mol. The van der Waals surface area contributed by atoms with Gasteiger partial charge in [0.25, 0.3) is 0 Å². The molecule has 28 heavy (non-hydrogen) atoms. The quantitative estimate of drug-likeness (QED) is 0.543. The Morgan fingerprint density at radius 1 is 1.00 bits per heavy atom. The van der Waals surface area contributed by atoms with Crippen molar-refractivity contribution < 1.29 is 17.9 Å². The van der Waals surface area contributed by atoms with Crippen LogP contribution in [0, 0.1) is 0 Å². The van der Waals surface area contributed by atoms with Gasteiger partial charge >= 0.3 is 5.97 Å². The second kappa shape index (κ2) is 10.6. The molecule has 0 N–H and O–H groups in total. The van der Waals surface area contributed by atoms with Gasteiger partial charge in [-0.2, -0.15) is 0 Å². The lowest BCUT2D eigenvalue weighted by atomic mass is 10.1. The van der Waals surface area contributed by atoms with E-state index in [2.05, 4.69) is 0 Å². The largest absolute Gasteiger partial charge is 0.465 e. The van der Waals surface area contributed by atoms with Gasteiger partial charge in [0.15, 0.2) is 0 Å². The standard InChI is InChI=1S/C21H26ClNO4S/c1-27-21(24)19-11-3-7-17(15-19)9-5-13-23(28(2,25)26)14-6-10-18-8-4-12-20(22)16-18/h3-4,7-8,11-12,15-16H,5-6,9-10,13-14H2,1-2H3. The van der Waals surface area contributed by atoms with Crippen LogP contribution in [-0.4, -0.2) is 45.1 Å². The number of ether oxygens (including phenoxy) is 1. The van der Waals surface area contributed by atoms with Crippen LogP contribution in [0.1, 0.15) is 34.3 Å². The van der Waals surface area contributed by atoms with Gasteiger partial charge in [0.2, 0.25) is 10.0 Å². The second-order valence-corrected chi connectivity index (χ2v) is 9.11. The van der Waals surface area contributed by atoms with Crippen molar-refractivity contribution in [2.24, 2.45) is 0 Å². The third-order valence-electron chi connectivity index (χ3n) is 4.45. The summed E-state index contributed by atoms with van der Waals surface area (Å²) in [4.78, 5) is 11.6. The molecule has 0 unspecified atom stereocenters. The minimum Gasteiger partial charge on any atom is -0.465 e. The Morgan fingerprint density at radius 2 is 1.57 bits per heavy atom. The van der Waals surface area contributed by atoms with Gasteiger partial charge in [-0.15, -0.1) is 0 Å². The third kappa shape index (κ3) is 7.26. The number of methoxy groups -OCH3 is 1. The molecule has 0 bridgehead atoms. The smallest absolute Gasteiger partial charge is 0.337 e. The Balaban J connectivity index is 1.88. The summed E-state index contributed by atoms with van der Waals surface area (Å²) in [7, 11) is -1.92. The minimum atomic E-state index is -3.27. The van der Waals surface area contributed by atoms with Crippen molar-refractivity contribution in [1.29, 1.82) is 0 Å². The summed E-state index contributed by atoms with van der Waals surface area (Å²) in [5.74, 6) is -0.374. The molecular formula is C21H26ClNO4S. The predicted octanol–water partition coefficient (Wildman–Crippen LogP) is 3.95. The van der Waals surface area contributed by atoms with Gasteiger partial charge in [-0.25, -0.2) is 17.5 Å². The van der Waals surface area contributed by atoms with Crippen LogP contribution >= 0.6 is 11.6 Å². The lowest BCUT2D eigenvalue weighted by molar-refractivity contribution is 0.0600. The maximum Gasteiger partial charge on any atom is 0.337 e. The van der Waals surface area contributed by atoms with E-state index >= 15 is 0 Å². The number of benzene rings is 2. The first kappa shape index (κ1) is 22.4. The Bertz CT molecular complexity index is 899. The molecule has 0 amide bonds. The molecule has 5 nitrogen and oxygen atoms in total. The summed E-state index contributed by atoms with van der Waals surface area (Å²) in [6.07, 6.45) is 4.10. The highest BCUT2D eigenvalue weighted by Crippen LogP contribution is 2.14. The summed E-state index contributed by atoms with van der Waals surface area (Å²) >= 11 is 5.99. The first-order chi connectivity index (χ1) is 13.3. The lowest BCUT2D eigenvalue weighted by Gasteiger charge is -2.20. The van der Waals surface area contributed by atoms with Crippen LogP contribution < -0.4 is 0 Å². The highest BCUT2D eigenvalue weighted by molar-refractivity contribution is 7.88. The molecule has 0 spiro atoms. The fourth-order valence-corrected chi connectivity index (χ4v) is 4.16. The number of rotatable bonds is 10. The molecule has 2 aromatic carbocycles. The number of esters is 1. The highest BCUT2D eigenvalue weighted by Gasteiger charge is 2.16. The maximum absolute atomic E-state index is 12.1. The number of carbonyl (C=O) groups is 1. The average Bonchev–Trinajstić information content (AvgIpc) is 2.65. The van der Waals surface area contributed by atoms with E-state index in [-0.39, 0.29) is 5.97 Å². The summed E-state index contributed by atoms with van der Waals surface area (Å²) in [6.45, 7) is 0.907. The van der Waals surface area contributed by atoms with E-state index in [1.165, 1.54) is 17.7 Å². The summed E-state index contributed by atoms with van der Waals surface area (Å²) in [6, 6.07) is 14.8. The van der Waals surface area contributed by atoms with Crippen molar-refractivity contribution in [2.45, 2.75) is 25.7 Å². The van der Waals surface area contributed by atoms with Crippen LogP contribution in [0.2, 0.25) is 5.02 Å². The molecule has 152 valence electrons. The Kier molecular flexibility index (Phi) is 8.48. The molecule has 0 aliphatic rings. The van der Waals surface area contributed by atoms with Gasteiger partial charge in [0, 0.05) is 18.1 Å². The van der Waals surface area contributed by atoms with Crippen molar-refractivity contribution in [3.63, 3.8) is 0 Å². The molecule has 0 aliphatic carbocycles. The molecule has 0 fully saturated rings. The van der Waals surface area contributed by atoms with Crippen molar-refractivity contribution in [2.75, 3.05) is 26.5 Å². The molecule has 0 heterocycles. The SMILES string of the molecule is COC(=O)c1cccc(CCCN(CCCc2cccc(Cl)c2)S(C)(=O)=O)c1. The van der Waals surface area contributed by atoms with Gasteiger partial charge in [-0.1, -0.05) is 35.9 Å². The van der Waals surface area contributed by atoms with Crippen molar-refractivity contribution in [3.8, 4) is 0 Å². The first-order valence-corrected chi connectivity index (χ1v) is 11.4. The van der Waals surface area contributed by atoms with Crippen molar-refractivity contribution >= 4 is 27.6 Å². The molecule has 2 aromatic rings. The Labute approximate surface area is 172 Å². The van der Waals surface area contributed by atoms with Crippen LogP contribution in [0.4, 0.5) is 0 Å². The van der Waals surface area contributed by atoms with E-state index in [0.29, 0.717) is 36.5 Å². The highest BCUT2D eigenvalue weighted by atomic mass is 35.5. The van der Waals surface area contributed by atoms with Gasteiger partial charge in [-0.05, 0) is 61.1 Å². The van der Waals surface area contributed by atoms with E-state index in [0.717, 1.165) is 24.0 Å². The molecule has 0 atom stereocenters. The van der Waals surface area contributed by atoms with E-state index in [1.54, 1.807) is 18.2 Å². The van der Waals surface area contributed by atoms with E-state index in [1.807, 2.05) is 30.3 Å². The number of hydrogen-bond donors (Lipinski definition) is 0. The molecule has 2 rings (SSSR count). The fraction of sp³-hybridized carbons (Fsp3) is 0.381. The number of hydrogen-bond acceptors (Lipinski definition) is 4. The zero-order valence-electron chi connectivity index (χ0n) is 16.2. The first-order valence-electron chi connectivity index (χ1n) is 9.16. The van der Waals surface area contributed by atoms with E-state index in [4.69, 9.17) is 16.3 Å². The van der Waals surface area contributed by atoms with E-state index in [9.17, 15) is 13.2 Å². The number of aryl methyl sites for hydroxylation is 2. The second-order valence-electron chi connectivity index (χ2n) is 6.69. The maximum atomic E-state index is 12.1. The molecular weight excluding hydrogens is 398 g/mol. The summed E-state index contributed by atoms with van der Waals surface area (Å²) in [5.41, 5.74) is 2.58. The predicted molar refractivity (Wildman–Crippen MR) is 112 cm³/mol. The van der Waals surface area contributed by atoms with Crippen LogP contribution in [-0.2, 0) is 27.6 Å². The third-order valence-corrected chi connectivity index (χ3v) is 5.99. The zero-order chi connectivity index (χ0) is 20.6. The van der Waals surface area contributed by atoms with Crippen LogP contribution in [0.5, 0.6) is 0 Å². The molecule has 0 saturated carbocycles. The normalized spacial score (nSPS) is 11.6. The van der Waals surface area contributed by atoms with E-state index < -0.39 is 10.0 Å². The fourth-order valence-electron chi connectivity index (χ4n) is 3.03. The van der Waals surface area contributed by atoms with Crippen LogP contribution in [0.25, 0.3) is 0 Å². The van der Waals surface area contributed by atoms with Gasteiger partial charge in [0.1, 0.15) is 0 Å². The number of sulfonamides is 1. The Hall–Kier alpha value is -1.89. The van der Waals surface area contributed by atoms with Crippen molar-refractivity contribution in [3.05, 3.63) is 70.2 Å². The van der Waals surface area contributed by atoms with Crippen LogP contribution in [0.3, 0.4) is 0 Å². The summed E-state index contributed by atoms with van der Waals surface area (Å²) in [5, 5.41) is 0.687. The van der Waals surface area contributed by atoms with Gasteiger partial charge in [-0.3, -0.25) is 0 Å². The Morgan fingerprint density at radius 3 is 2.11 bits per heavy atom. The zero-order valence-corrected chi connectivity index (χ0v) is 17.8. The minimum absolute atomic E-state index is 0.374. The topological polar surface area (TPSA) is 63.7 Å². The van der Waals surface area contributed by atoms with Gasteiger partial charge in [0.05, 0.1) is 18.9 Å². The number of halogens is 1. The number of carbonyl (C=O) groups excluding carboxylic acids is 1. The molecule has 0 radical (unpaired) electrons. The van der Waals surface area contributed by atoms with Crippen LogP contribution in [0.15, 0.2) is 48.5 Å². The van der Waals surface area contributed by atoms with Crippen molar-refractivity contribution in [1.82, 2.24) is 4.31 Å².